The Labute approximate surface area is 194 Å². The minimum Gasteiger partial charge on any atom is -0.468 e. The molecule has 0 atom stereocenters. The van der Waals surface area contributed by atoms with Gasteiger partial charge in [0, 0.05) is 45.1 Å². The van der Waals surface area contributed by atoms with Crippen LogP contribution in [0.3, 0.4) is 0 Å². The number of sulfonamides is 1. The number of aromatic nitrogens is 1. The van der Waals surface area contributed by atoms with Crippen LogP contribution < -0.4 is 0 Å². The molecule has 3 heterocycles. The number of pyridine rings is 1. The van der Waals surface area contributed by atoms with Crippen LogP contribution in [0.1, 0.15) is 16.9 Å². The van der Waals surface area contributed by atoms with Gasteiger partial charge in [0.1, 0.15) is 5.76 Å². The number of piperazine rings is 1. The molecule has 2 aromatic heterocycles. The van der Waals surface area contributed by atoms with Crippen molar-refractivity contribution >= 4 is 15.9 Å². The lowest BCUT2D eigenvalue weighted by molar-refractivity contribution is -0.133. The zero-order valence-corrected chi connectivity index (χ0v) is 19.4. The lowest BCUT2D eigenvalue weighted by Gasteiger charge is -2.35. The molecule has 0 radical (unpaired) electrons. The molecule has 33 heavy (non-hydrogen) atoms. The summed E-state index contributed by atoms with van der Waals surface area (Å²) in [5.74, 6) is 0.279. The number of carbonyl (C=O) groups is 1. The number of hydrogen-bond donors (Lipinski definition) is 0. The topological polar surface area (TPSA) is 87.0 Å². The Kier molecular flexibility index (Phi) is 7.22. The second kappa shape index (κ2) is 10.3. The fourth-order valence-electron chi connectivity index (χ4n) is 3.81. The Morgan fingerprint density at radius 2 is 1.73 bits per heavy atom. The first-order valence-electron chi connectivity index (χ1n) is 10.9. The summed E-state index contributed by atoms with van der Waals surface area (Å²) in [4.78, 5) is 21.3. The van der Waals surface area contributed by atoms with Crippen LogP contribution in [0.15, 0.2) is 76.5 Å². The van der Waals surface area contributed by atoms with Gasteiger partial charge in [-0.2, -0.15) is 4.31 Å². The van der Waals surface area contributed by atoms with E-state index in [0.29, 0.717) is 18.8 Å². The van der Waals surface area contributed by atoms with Gasteiger partial charge in [-0.15, -0.1) is 0 Å². The van der Waals surface area contributed by atoms with E-state index in [1.54, 1.807) is 53.7 Å². The van der Waals surface area contributed by atoms with E-state index >= 15 is 0 Å². The molecule has 8 nitrogen and oxygen atoms in total. The van der Waals surface area contributed by atoms with Crippen LogP contribution in [0.5, 0.6) is 0 Å². The summed E-state index contributed by atoms with van der Waals surface area (Å²) in [7, 11) is -3.87. The molecule has 0 spiro atoms. The molecule has 0 N–H and O–H groups in total. The third-order valence-electron chi connectivity index (χ3n) is 5.76. The van der Waals surface area contributed by atoms with E-state index in [1.807, 2.05) is 19.1 Å². The summed E-state index contributed by atoms with van der Waals surface area (Å²) in [6.45, 7) is 5.05. The van der Waals surface area contributed by atoms with Crippen LogP contribution in [-0.4, -0.2) is 66.1 Å². The Morgan fingerprint density at radius 1 is 1.03 bits per heavy atom. The Hall–Kier alpha value is -3.01. The summed E-state index contributed by atoms with van der Waals surface area (Å²) in [5.41, 5.74) is 2.14. The van der Waals surface area contributed by atoms with E-state index in [1.165, 1.54) is 16.1 Å². The highest BCUT2D eigenvalue weighted by Gasteiger charge is 2.30. The van der Waals surface area contributed by atoms with Crippen LogP contribution in [0.2, 0.25) is 0 Å². The van der Waals surface area contributed by atoms with Gasteiger partial charge in [0.15, 0.2) is 0 Å². The van der Waals surface area contributed by atoms with E-state index in [4.69, 9.17) is 4.42 Å². The molecule has 1 saturated heterocycles. The average molecular weight is 469 g/mol. The minimum absolute atomic E-state index is 0.00302. The largest absolute Gasteiger partial charge is 0.468 e. The molecule has 1 amide bonds. The van der Waals surface area contributed by atoms with E-state index in [0.717, 1.165) is 25.2 Å². The first-order chi connectivity index (χ1) is 15.9. The van der Waals surface area contributed by atoms with Gasteiger partial charge in [0.25, 0.3) is 0 Å². The molecular formula is C24H28N4O4S. The van der Waals surface area contributed by atoms with Gasteiger partial charge in [-0.3, -0.25) is 14.7 Å². The molecule has 9 heteroatoms. The lowest BCUT2D eigenvalue weighted by atomic mass is 10.2. The van der Waals surface area contributed by atoms with E-state index in [2.05, 4.69) is 9.88 Å². The third kappa shape index (κ3) is 5.87. The average Bonchev–Trinajstić information content (AvgIpc) is 3.33. The number of benzene rings is 1. The second-order valence-corrected chi connectivity index (χ2v) is 10.1. The predicted molar refractivity (Wildman–Crippen MR) is 124 cm³/mol. The van der Waals surface area contributed by atoms with E-state index in [-0.39, 0.29) is 23.9 Å². The van der Waals surface area contributed by atoms with Gasteiger partial charge in [-0.1, -0.05) is 17.7 Å². The minimum atomic E-state index is -3.87. The molecule has 0 aliphatic carbocycles. The van der Waals surface area contributed by atoms with Crippen molar-refractivity contribution in [2.75, 3.05) is 32.7 Å². The van der Waals surface area contributed by atoms with Crippen LogP contribution in [0, 0.1) is 6.92 Å². The number of aryl methyl sites for hydroxylation is 1. The summed E-state index contributed by atoms with van der Waals surface area (Å²) < 4.78 is 33.3. The number of nitrogens with zero attached hydrogens (tertiary/aromatic N) is 4. The van der Waals surface area contributed by atoms with Crippen molar-refractivity contribution in [3.05, 3.63) is 84.1 Å². The monoisotopic (exact) mass is 468 g/mol. The van der Waals surface area contributed by atoms with E-state index in [9.17, 15) is 13.2 Å². The fraction of sp³-hybridized carbons (Fsp3) is 0.333. The predicted octanol–water partition coefficient (Wildman–Crippen LogP) is 2.52. The highest BCUT2D eigenvalue weighted by atomic mass is 32.2. The van der Waals surface area contributed by atoms with Crippen molar-refractivity contribution in [3.8, 4) is 0 Å². The van der Waals surface area contributed by atoms with Gasteiger partial charge in [-0.05, 0) is 48.9 Å². The van der Waals surface area contributed by atoms with Crippen LogP contribution in [0.4, 0.5) is 0 Å². The van der Waals surface area contributed by atoms with Crippen LogP contribution in [0.25, 0.3) is 0 Å². The van der Waals surface area contributed by atoms with Crippen molar-refractivity contribution in [1.82, 2.24) is 19.1 Å². The summed E-state index contributed by atoms with van der Waals surface area (Å²) in [5, 5.41) is 0. The normalized spacial score (nSPS) is 15.2. The van der Waals surface area contributed by atoms with Crippen molar-refractivity contribution in [1.29, 1.82) is 0 Å². The van der Waals surface area contributed by atoms with E-state index < -0.39 is 10.0 Å². The molecular weight excluding hydrogens is 440 g/mol. The molecule has 1 aliphatic rings. The molecule has 174 valence electrons. The summed E-state index contributed by atoms with van der Waals surface area (Å²) >= 11 is 0. The highest BCUT2D eigenvalue weighted by molar-refractivity contribution is 7.89. The molecule has 1 aliphatic heterocycles. The second-order valence-electron chi connectivity index (χ2n) is 8.18. The molecule has 1 fully saturated rings. The molecule has 0 bridgehead atoms. The van der Waals surface area contributed by atoms with Crippen molar-refractivity contribution in [3.63, 3.8) is 0 Å². The third-order valence-corrected chi connectivity index (χ3v) is 7.57. The molecule has 0 saturated carbocycles. The zero-order chi connectivity index (χ0) is 23.3. The molecule has 1 aromatic carbocycles. The number of hydrogen-bond acceptors (Lipinski definition) is 6. The Bertz CT molecular complexity index is 1140. The van der Waals surface area contributed by atoms with Crippen LogP contribution in [-0.2, 0) is 27.9 Å². The standard InChI is InChI=1S/C24H28N4O4S/c1-20-4-6-23(7-5-20)33(30,31)28(18-22-3-2-16-32-22)19-24(29)27-14-12-26(13-15-27)17-21-8-10-25-11-9-21/h2-11,16H,12-15,17-19H2,1H3. The molecule has 0 unspecified atom stereocenters. The zero-order valence-electron chi connectivity index (χ0n) is 18.6. The Morgan fingerprint density at radius 3 is 2.36 bits per heavy atom. The first-order valence-corrected chi connectivity index (χ1v) is 12.3. The maximum absolute atomic E-state index is 13.3. The van der Waals surface area contributed by atoms with Gasteiger partial charge >= 0.3 is 0 Å². The number of rotatable bonds is 8. The summed E-state index contributed by atoms with van der Waals surface area (Å²) in [6.07, 6.45) is 5.05. The van der Waals surface area contributed by atoms with Crippen LogP contribution >= 0.6 is 0 Å². The fourth-order valence-corrected chi connectivity index (χ4v) is 5.17. The lowest BCUT2D eigenvalue weighted by Crippen LogP contribution is -2.51. The number of amides is 1. The molecule has 4 rings (SSSR count). The summed E-state index contributed by atoms with van der Waals surface area (Å²) in [6, 6.07) is 14.0. The van der Waals surface area contributed by atoms with Gasteiger partial charge in [0.2, 0.25) is 15.9 Å². The number of carbonyl (C=O) groups excluding carboxylic acids is 1. The van der Waals surface area contributed by atoms with Gasteiger partial charge < -0.3 is 9.32 Å². The van der Waals surface area contributed by atoms with Gasteiger partial charge in [0.05, 0.1) is 24.2 Å². The Balaban J connectivity index is 1.43. The van der Waals surface area contributed by atoms with Crippen molar-refractivity contribution in [2.45, 2.75) is 24.9 Å². The SMILES string of the molecule is Cc1ccc(S(=O)(=O)N(CC(=O)N2CCN(Cc3ccncc3)CC2)Cc2ccco2)cc1. The quantitative estimate of drug-likeness (QED) is 0.505. The van der Waals surface area contributed by atoms with Gasteiger partial charge in [-0.25, -0.2) is 8.42 Å². The van der Waals surface area contributed by atoms with Crippen molar-refractivity contribution < 1.29 is 17.6 Å². The van der Waals surface area contributed by atoms with Crippen molar-refractivity contribution in [2.24, 2.45) is 0 Å². The highest BCUT2D eigenvalue weighted by Crippen LogP contribution is 2.20. The number of furan rings is 1. The molecule has 3 aromatic rings. The maximum Gasteiger partial charge on any atom is 0.243 e. The first kappa shape index (κ1) is 23.2. The maximum atomic E-state index is 13.3. The smallest absolute Gasteiger partial charge is 0.243 e.